The number of piperidine rings is 1. The first kappa shape index (κ1) is 14.1. The van der Waals surface area contributed by atoms with Crippen molar-refractivity contribution in [2.75, 3.05) is 19.6 Å². The Morgan fingerprint density at radius 1 is 1.35 bits per heavy atom. The molecule has 1 saturated heterocycles. The van der Waals surface area contributed by atoms with Gasteiger partial charge in [0.15, 0.2) is 0 Å². The van der Waals surface area contributed by atoms with Crippen LogP contribution in [0.2, 0.25) is 0 Å². The Balaban J connectivity index is 1.54. The number of rotatable bonds is 5. The lowest BCUT2D eigenvalue weighted by Crippen LogP contribution is -2.58. The fraction of sp³-hybridized carbons (Fsp3) is 0.812. The molecule has 0 aromatic carbocycles. The molecule has 4 nitrogen and oxygen atoms in total. The number of imidazole rings is 1. The second-order valence-electron chi connectivity index (χ2n) is 6.76. The Morgan fingerprint density at radius 3 is 2.70 bits per heavy atom. The van der Waals surface area contributed by atoms with E-state index in [4.69, 9.17) is 0 Å². The number of H-pyrrole nitrogens is 1. The van der Waals surface area contributed by atoms with Crippen LogP contribution in [0.25, 0.3) is 0 Å². The van der Waals surface area contributed by atoms with Crippen molar-refractivity contribution >= 4 is 0 Å². The highest BCUT2D eigenvalue weighted by Crippen LogP contribution is 2.35. The first-order chi connectivity index (χ1) is 9.74. The number of nitrogens with zero attached hydrogens (tertiary/aromatic N) is 2. The number of hydrogen-bond donors (Lipinski definition) is 2. The monoisotopic (exact) mass is 276 g/mol. The van der Waals surface area contributed by atoms with E-state index in [0.717, 1.165) is 36.7 Å². The van der Waals surface area contributed by atoms with Crippen molar-refractivity contribution in [3.63, 3.8) is 0 Å². The molecule has 2 aliphatic rings. The maximum Gasteiger partial charge on any atom is 0.107 e. The van der Waals surface area contributed by atoms with Crippen LogP contribution >= 0.6 is 0 Å². The van der Waals surface area contributed by atoms with Crippen LogP contribution in [0, 0.1) is 11.8 Å². The number of aromatic amines is 1. The average molecular weight is 276 g/mol. The summed E-state index contributed by atoms with van der Waals surface area (Å²) in [7, 11) is 0. The van der Waals surface area contributed by atoms with Crippen LogP contribution in [0.1, 0.15) is 38.9 Å². The molecule has 2 fully saturated rings. The molecule has 4 heteroatoms. The van der Waals surface area contributed by atoms with E-state index in [1.165, 1.54) is 32.4 Å². The molecule has 1 aromatic rings. The van der Waals surface area contributed by atoms with E-state index in [1.807, 2.05) is 12.4 Å². The minimum atomic E-state index is 0.696. The molecule has 2 atom stereocenters. The van der Waals surface area contributed by atoms with Crippen LogP contribution in [0.5, 0.6) is 0 Å². The second kappa shape index (κ2) is 6.27. The topological polar surface area (TPSA) is 44.0 Å². The number of hydrogen-bond acceptors (Lipinski definition) is 3. The van der Waals surface area contributed by atoms with Gasteiger partial charge >= 0.3 is 0 Å². The van der Waals surface area contributed by atoms with Gasteiger partial charge in [0.2, 0.25) is 0 Å². The Morgan fingerprint density at radius 2 is 2.10 bits per heavy atom. The van der Waals surface area contributed by atoms with Crippen molar-refractivity contribution in [2.45, 2.75) is 51.6 Å². The van der Waals surface area contributed by atoms with E-state index in [1.54, 1.807) is 0 Å². The van der Waals surface area contributed by atoms with Gasteiger partial charge in [0, 0.05) is 50.5 Å². The summed E-state index contributed by atoms with van der Waals surface area (Å²) in [5.74, 6) is 2.80. The largest absolute Gasteiger partial charge is 0.349 e. The normalized spacial score (nSPS) is 30.9. The third-order valence-electron chi connectivity index (χ3n) is 5.13. The summed E-state index contributed by atoms with van der Waals surface area (Å²) in [6.07, 6.45) is 8.99. The first-order valence-corrected chi connectivity index (χ1v) is 8.19. The Kier molecular flexibility index (Phi) is 4.41. The van der Waals surface area contributed by atoms with Gasteiger partial charge in [-0.05, 0) is 38.5 Å². The molecule has 0 amide bonds. The number of aromatic nitrogens is 2. The van der Waals surface area contributed by atoms with Crippen LogP contribution in [-0.4, -0.2) is 46.6 Å². The van der Waals surface area contributed by atoms with Crippen molar-refractivity contribution in [1.29, 1.82) is 0 Å². The predicted molar refractivity (Wildman–Crippen MR) is 81.6 cm³/mol. The molecule has 1 saturated carbocycles. The molecule has 0 spiro atoms. The first-order valence-electron chi connectivity index (χ1n) is 8.19. The number of fused-ring (bicyclic) bond motifs is 2. The SMILES string of the molecule is CC(C)N1CC2CCCC(C1)C2NCCc1ncc[nH]1. The van der Waals surface area contributed by atoms with E-state index < -0.39 is 0 Å². The zero-order valence-electron chi connectivity index (χ0n) is 12.8. The van der Waals surface area contributed by atoms with Crippen LogP contribution in [-0.2, 0) is 6.42 Å². The molecule has 1 aliphatic heterocycles. The van der Waals surface area contributed by atoms with Gasteiger partial charge in [-0.15, -0.1) is 0 Å². The Labute approximate surface area is 122 Å². The van der Waals surface area contributed by atoms with Crippen LogP contribution < -0.4 is 5.32 Å². The number of nitrogens with one attached hydrogen (secondary N) is 2. The van der Waals surface area contributed by atoms with Crippen LogP contribution in [0.3, 0.4) is 0 Å². The van der Waals surface area contributed by atoms with Gasteiger partial charge in [-0.3, -0.25) is 0 Å². The molecule has 2 unspecified atom stereocenters. The van der Waals surface area contributed by atoms with Crippen molar-refractivity contribution in [3.05, 3.63) is 18.2 Å². The summed E-state index contributed by atoms with van der Waals surface area (Å²) < 4.78 is 0. The summed E-state index contributed by atoms with van der Waals surface area (Å²) in [6.45, 7) is 8.28. The molecule has 1 aliphatic carbocycles. The highest BCUT2D eigenvalue weighted by molar-refractivity contribution is 4.96. The zero-order valence-corrected chi connectivity index (χ0v) is 12.8. The third-order valence-corrected chi connectivity index (χ3v) is 5.13. The molecule has 3 rings (SSSR count). The molecular weight excluding hydrogens is 248 g/mol. The lowest BCUT2D eigenvalue weighted by atomic mass is 9.73. The molecule has 2 heterocycles. The smallest absolute Gasteiger partial charge is 0.107 e. The molecular formula is C16H28N4. The van der Waals surface area contributed by atoms with Gasteiger partial charge in [0.05, 0.1) is 0 Å². The van der Waals surface area contributed by atoms with Gasteiger partial charge < -0.3 is 15.2 Å². The highest BCUT2D eigenvalue weighted by Gasteiger charge is 2.39. The fourth-order valence-electron chi connectivity index (χ4n) is 4.02. The predicted octanol–water partition coefficient (Wildman–Crippen LogP) is 2.05. The lowest BCUT2D eigenvalue weighted by Gasteiger charge is -2.49. The molecule has 112 valence electrons. The van der Waals surface area contributed by atoms with Gasteiger partial charge in [0.1, 0.15) is 5.82 Å². The van der Waals surface area contributed by atoms with Crippen molar-refractivity contribution in [3.8, 4) is 0 Å². The van der Waals surface area contributed by atoms with Crippen molar-refractivity contribution in [2.24, 2.45) is 11.8 Å². The molecule has 2 N–H and O–H groups in total. The minimum Gasteiger partial charge on any atom is -0.349 e. The molecule has 2 bridgehead atoms. The van der Waals surface area contributed by atoms with Gasteiger partial charge in [-0.2, -0.15) is 0 Å². The zero-order chi connectivity index (χ0) is 13.9. The summed E-state index contributed by atoms with van der Waals surface area (Å²) in [5, 5.41) is 3.83. The summed E-state index contributed by atoms with van der Waals surface area (Å²) >= 11 is 0. The Bertz CT molecular complexity index is 387. The van der Waals surface area contributed by atoms with Gasteiger partial charge in [-0.25, -0.2) is 4.98 Å². The maximum absolute atomic E-state index is 4.30. The Hall–Kier alpha value is -0.870. The fourth-order valence-corrected chi connectivity index (χ4v) is 4.02. The van der Waals surface area contributed by atoms with Gasteiger partial charge in [-0.1, -0.05) is 6.42 Å². The van der Waals surface area contributed by atoms with Crippen LogP contribution in [0.4, 0.5) is 0 Å². The highest BCUT2D eigenvalue weighted by atomic mass is 15.2. The van der Waals surface area contributed by atoms with Crippen molar-refractivity contribution in [1.82, 2.24) is 20.2 Å². The van der Waals surface area contributed by atoms with Gasteiger partial charge in [0.25, 0.3) is 0 Å². The number of likely N-dealkylation sites (tertiary alicyclic amines) is 1. The maximum atomic E-state index is 4.30. The second-order valence-corrected chi connectivity index (χ2v) is 6.76. The lowest BCUT2D eigenvalue weighted by molar-refractivity contribution is 0.0299. The summed E-state index contributed by atoms with van der Waals surface area (Å²) in [6, 6.07) is 1.43. The third kappa shape index (κ3) is 3.07. The van der Waals surface area contributed by atoms with E-state index in [0.29, 0.717) is 6.04 Å². The van der Waals surface area contributed by atoms with Crippen LogP contribution in [0.15, 0.2) is 12.4 Å². The summed E-state index contributed by atoms with van der Waals surface area (Å²) in [5.41, 5.74) is 0. The average Bonchev–Trinajstić information content (AvgIpc) is 2.91. The standard InChI is InChI=1S/C16H28N4/c1-12(2)20-10-13-4-3-5-14(11-20)16(13)19-7-6-15-17-8-9-18-15/h8-9,12-14,16,19H,3-7,10-11H2,1-2H3,(H,17,18). The quantitative estimate of drug-likeness (QED) is 0.865. The van der Waals surface area contributed by atoms with Crippen molar-refractivity contribution < 1.29 is 0 Å². The molecule has 20 heavy (non-hydrogen) atoms. The van der Waals surface area contributed by atoms with E-state index >= 15 is 0 Å². The van der Waals surface area contributed by atoms with E-state index in [2.05, 4.69) is 34.0 Å². The van der Waals surface area contributed by atoms with E-state index in [-0.39, 0.29) is 0 Å². The summed E-state index contributed by atoms with van der Waals surface area (Å²) in [4.78, 5) is 10.2. The minimum absolute atomic E-state index is 0.696. The molecule has 0 radical (unpaired) electrons. The van der Waals surface area contributed by atoms with E-state index in [9.17, 15) is 0 Å². The molecule has 1 aromatic heterocycles.